The number of hydrogen-bond donors (Lipinski definition) is 0. The number of carbonyl (C=O) groups excluding carboxylic acids is 3. The molecule has 0 aliphatic heterocycles. The summed E-state index contributed by atoms with van der Waals surface area (Å²) < 4.78 is 18.2. The summed E-state index contributed by atoms with van der Waals surface area (Å²) >= 11 is 0. The number of rotatable bonds is 4. The van der Waals surface area contributed by atoms with Crippen molar-refractivity contribution in [3.63, 3.8) is 0 Å². The Hall–Kier alpha value is -1.41. The summed E-state index contributed by atoms with van der Waals surface area (Å²) in [6.45, 7) is 3.17. The van der Waals surface area contributed by atoms with Gasteiger partial charge in [-0.1, -0.05) is 0 Å². The van der Waals surface area contributed by atoms with Gasteiger partial charge in [-0.15, -0.1) is 0 Å². The lowest BCUT2D eigenvalue weighted by Crippen LogP contribution is -2.45. The van der Waals surface area contributed by atoms with Gasteiger partial charge >= 0.3 is 24.1 Å². The van der Waals surface area contributed by atoms with Gasteiger partial charge in [0.25, 0.3) is 0 Å². The van der Waals surface area contributed by atoms with Crippen molar-refractivity contribution in [2.45, 2.75) is 26.9 Å². The van der Waals surface area contributed by atoms with E-state index in [2.05, 4.69) is 18.6 Å². The zero-order valence-corrected chi connectivity index (χ0v) is 10.9. The van der Waals surface area contributed by atoms with E-state index in [1.54, 1.807) is 0 Å². The molecular formula is C7H12O7Si. The number of carbonyl (C=O) groups is 3. The van der Waals surface area contributed by atoms with Crippen LogP contribution in [-0.4, -0.2) is 34.6 Å². The first-order valence-corrected chi connectivity index (χ1v) is 4.77. The highest BCUT2D eigenvalue weighted by Gasteiger charge is 2.42. The van der Waals surface area contributed by atoms with E-state index in [4.69, 9.17) is 0 Å². The Labute approximate surface area is 89.2 Å². The number of hydrogen-bond acceptors (Lipinski definition) is 7. The molecule has 0 aromatic heterocycles. The van der Waals surface area contributed by atoms with Crippen molar-refractivity contribution < 1.29 is 33.0 Å². The van der Waals surface area contributed by atoms with Crippen molar-refractivity contribution in [1.29, 1.82) is 0 Å². The van der Waals surface area contributed by atoms with E-state index in [-0.39, 0.29) is 10.5 Å². The van der Waals surface area contributed by atoms with Crippen LogP contribution >= 0.6 is 0 Å². The van der Waals surface area contributed by atoms with Crippen LogP contribution in [0.15, 0.2) is 0 Å². The standard InChI is InChI=1S/C7H12O7Si/c1-4(8)11-7(14-15,12-5(2)9)13-6(3)10/h1-3,15H3. The van der Waals surface area contributed by atoms with Gasteiger partial charge < -0.3 is 18.6 Å². The largest absolute Gasteiger partial charge is 0.555 e. The predicted molar refractivity (Wildman–Crippen MR) is 49.1 cm³/mol. The average Bonchev–Trinajstić information content (AvgIpc) is 1.99. The van der Waals surface area contributed by atoms with E-state index in [1.807, 2.05) is 0 Å². The van der Waals surface area contributed by atoms with Crippen LogP contribution in [0.1, 0.15) is 20.8 Å². The summed E-state index contributed by atoms with van der Waals surface area (Å²) in [5.74, 6) is -2.44. The third-order valence-electron chi connectivity index (χ3n) is 1.06. The lowest BCUT2D eigenvalue weighted by Gasteiger charge is -2.27. The van der Waals surface area contributed by atoms with Crippen LogP contribution in [-0.2, 0) is 33.0 Å². The predicted octanol–water partition coefficient (Wildman–Crippen LogP) is -1.42. The van der Waals surface area contributed by atoms with Crippen LogP contribution in [0.2, 0.25) is 0 Å². The molecule has 7 nitrogen and oxygen atoms in total. The van der Waals surface area contributed by atoms with Gasteiger partial charge in [0.15, 0.2) is 10.5 Å². The van der Waals surface area contributed by atoms with Crippen molar-refractivity contribution in [3.05, 3.63) is 0 Å². The van der Waals surface area contributed by atoms with Crippen molar-refractivity contribution >= 4 is 28.4 Å². The molecule has 0 fully saturated rings. The Morgan fingerprint density at radius 2 is 1.13 bits per heavy atom. The van der Waals surface area contributed by atoms with Gasteiger partial charge in [0.1, 0.15) is 0 Å². The SMILES string of the molecule is CC(=O)OC(O[SiH3])(OC(C)=O)OC(C)=O. The zero-order valence-electron chi connectivity index (χ0n) is 8.86. The molecule has 0 aromatic carbocycles. The highest BCUT2D eigenvalue weighted by atomic mass is 28.2. The van der Waals surface area contributed by atoms with E-state index in [0.29, 0.717) is 0 Å². The third-order valence-corrected chi connectivity index (χ3v) is 1.56. The first-order chi connectivity index (χ1) is 6.81. The number of ether oxygens (including phenoxy) is 3. The molecule has 0 N–H and O–H groups in total. The van der Waals surface area contributed by atoms with E-state index < -0.39 is 24.1 Å². The maximum absolute atomic E-state index is 10.7. The highest BCUT2D eigenvalue weighted by Crippen LogP contribution is 2.17. The summed E-state index contributed by atoms with van der Waals surface area (Å²) in [6.07, 6.45) is -2.38. The van der Waals surface area contributed by atoms with E-state index in [9.17, 15) is 14.4 Å². The summed E-state index contributed by atoms with van der Waals surface area (Å²) in [7, 11) is 0.0308. The van der Waals surface area contributed by atoms with Crippen LogP contribution in [0, 0.1) is 0 Å². The molecule has 0 aliphatic rings. The lowest BCUT2D eigenvalue weighted by molar-refractivity contribution is -0.416. The molecule has 0 radical (unpaired) electrons. The van der Waals surface area contributed by atoms with E-state index >= 15 is 0 Å². The minimum absolute atomic E-state index is 0.0308. The van der Waals surface area contributed by atoms with Gasteiger partial charge in [0, 0.05) is 20.8 Å². The minimum atomic E-state index is -2.38. The molecule has 0 rings (SSSR count). The monoisotopic (exact) mass is 236 g/mol. The molecule has 0 aliphatic carbocycles. The molecule has 0 saturated carbocycles. The fourth-order valence-corrected chi connectivity index (χ4v) is 0.966. The molecule has 0 unspecified atom stereocenters. The summed E-state index contributed by atoms with van der Waals surface area (Å²) in [4.78, 5) is 32.1. The quantitative estimate of drug-likeness (QED) is 0.336. The van der Waals surface area contributed by atoms with E-state index in [0.717, 1.165) is 20.8 Å². The molecule has 0 saturated heterocycles. The summed E-state index contributed by atoms with van der Waals surface area (Å²) in [6, 6.07) is 0. The van der Waals surface area contributed by atoms with Gasteiger partial charge in [0.2, 0.25) is 0 Å². The van der Waals surface area contributed by atoms with Crippen LogP contribution in [0.3, 0.4) is 0 Å². The normalized spacial score (nSPS) is 10.6. The second-order valence-electron chi connectivity index (χ2n) is 2.49. The van der Waals surface area contributed by atoms with Gasteiger partial charge in [0.05, 0.1) is 0 Å². The Bertz CT molecular complexity index is 234. The van der Waals surface area contributed by atoms with Crippen LogP contribution in [0.4, 0.5) is 0 Å². The summed E-state index contributed by atoms with van der Waals surface area (Å²) in [5.41, 5.74) is 0. The third kappa shape index (κ3) is 5.13. The second-order valence-corrected chi connectivity index (χ2v) is 2.89. The molecule has 0 spiro atoms. The topological polar surface area (TPSA) is 88.1 Å². The number of esters is 3. The van der Waals surface area contributed by atoms with Crippen molar-refractivity contribution in [3.8, 4) is 0 Å². The maximum atomic E-state index is 10.7. The first kappa shape index (κ1) is 13.6. The highest BCUT2D eigenvalue weighted by molar-refractivity contribution is 5.98. The van der Waals surface area contributed by atoms with Gasteiger partial charge in [-0.05, 0) is 0 Å². The fourth-order valence-electron chi connectivity index (χ4n) is 0.716. The Kier molecular flexibility index (Phi) is 4.95. The average molecular weight is 236 g/mol. The molecule has 15 heavy (non-hydrogen) atoms. The molecule has 0 amide bonds. The Morgan fingerprint density at radius 1 is 0.867 bits per heavy atom. The van der Waals surface area contributed by atoms with Crippen molar-refractivity contribution in [2.75, 3.05) is 0 Å². The molecule has 0 atom stereocenters. The second kappa shape index (κ2) is 5.46. The minimum Gasteiger partial charge on any atom is -0.364 e. The van der Waals surface area contributed by atoms with E-state index in [1.165, 1.54) is 0 Å². The zero-order chi connectivity index (χ0) is 12.1. The molecule has 0 bridgehead atoms. The van der Waals surface area contributed by atoms with Crippen LogP contribution in [0.5, 0.6) is 0 Å². The van der Waals surface area contributed by atoms with Gasteiger partial charge in [-0.2, -0.15) is 0 Å². The Morgan fingerprint density at radius 3 is 1.27 bits per heavy atom. The van der Waals surface area contributed by atoms with Gasteiger partial charge in [-0.25, -0.2) is 0 Å². The molecule has 0 aromatic rings. The molecule has 8 heteroatoms. The lowest BCUT2D eigenvalue weighted by atomic mass is 10.7. The smallest absolute Gasteiger partial charge is 0.364 e. The molecular weight excluding hydrogens is 224 g/mol. The summed E-state index contributed by atoms with van der Waals surface area (Å²) in [5, 5.41) is 0. The van der Waals surface area contributed by atoms with Crippen molar-refractivity contribution in [2.24, 2.45) is 0 Å². The fraction of sp³-hybridized carbons (Fsp3) is 0.571. The van der Waals surface area contributed by atoms with Crippen LogP contribution in [0.25, 0.3) is 0 Å². The van der Waals surface area contributed by atoms with Crippen LogP contribution < -0.4 is 0 Å². The first-order valence-electron chi connectivity index (χ1n) is 3.95. The molecule has 0 heterocycles. The van der Waals surface area contributed by atoms with Gasteiger partial charge in [-0.3, -0.25) is 14.4 Å². The maximum Gasteiger partial charge on any atom is 0.555 e. The Balaban J connectivity index is 4.81. The van der Waals surface area contributed by atoms with Crippen molar-refractivity contribution in [1.82, 2.24) is 0 Å². The molecule has 86 valence electrons.